The Kier molecular flexibility index (Phi) is 6.12. The summed E-state index contributed by atoms with van der Waals surface area (Å²) in [4.78, 5) is 12.0. The maximum atomic E-state index is 12.7. The number of sulfonamides is 1. The van der Waals surface area contributed by atoms with Crippen LogP contribution in [0.5, 0.6) is 5.75 Å². The molecule has 3 rings (SSSR count). The zero-order valence-corrected chi connectivity index (χ0v) is 16.8. The second kappa shape index (κ2) is 8.38. The Morgan fingerprint density at radius 1 is 1.21 bits per heavy atom. The molecule has 0 aliphatic carbocycles. The third-order valence-corrected chi connectivity index (χ3v) is 6.06. The average molecular weight is 425 g/mol. The number of nitrogens with one attached hydrogen (secondary N) is 2. The first-order valence-electron chi connectivity index (χ1n) is 8.72. The molecule has 0 saturated heterocycles. The van der Waals surface area contributed by atoms with Gasteiger partial charge in [0.05, 0.1) is 22.2 Å². The van der Waals surface area contributed by atoms with Crippen molar-refractivity contribution in [2.45, 2.75) is 30.8 Å². The number of ether oxygens (including phenoxy) is 1. The summed E-state index contributed by atoms with van der Waals surface area (Å²) in [6, 6.07) is 9.61. The topological polar surface area (TPSA) is 105 Å². The monoisotopic (exact) mass is 424 g/mol. The molecule has 0 spiro atoms. The molecule has 0 fully saturated rings. The van der Waals surface area contributed by atoms with Gasteiger partial charge in [-0.25, -0.2) is 8.42 Å². The van der Waals surface area contributed by atoms with Crippen LogP contribution in [-0.2, 0) is 21.2 Å². The molecule has 1 heterocycles. The smallest absolute Gasteiger partial charge is 0.261 e. The molecule has 2 aromatic carbocycles. The SMILES string of the molecule is Cc1ccc(S(=O)(=O)Nc2ccc(OCC(O)CCl)c3c2NC(=O)CC3)cc1. The van der Waals surface area contributed by atoms with Crippen LogP contribution in [0.25, 0.3) is 0 Å². The van der Waals surface area contributed by atoms with Gasteiger partial charge in [0.1, 0.15) is 18.5 Å². The molecule has 150 valence electrons. The Labute approximate surface area is 168 Å². The number of hydrogen-bond donors (Lipinski definition) is 3. The molecule has 1 unspecified atom stereocenters. The van der Waals surface area contributed by atoms with Gasteiger partial charge in [-0.3, -0.25) is 9.52 Å². The minimum absolute atomic E-state index is 0.00166. The lowest BCUT2D eigenvalue weighted by molar-refractivity contribution is -0.116. The molecule has 3 N–H and O–H groups in total. The molecule has 0 radical (unpaired) electrons. The van der Waals surface area contributed by atoms with Crippen LogP contribution in [0.1, 0.15) is 17.5 Å². The van der Waals surface area contributed by atoms with E-state index in [0.29, 0.717) is 23.4 Å². The van der Waals surface area contributed by atoms with E-state index >= 15 is 0 Å². The molecular formula is C19H21ClN2O5S. The first-order chi connectivity index (χ1) is 13.3. The van der Waals surface area contributed by atoms with E-state index in [4.69, 9.17) is 16.3 Å². The number of aryl methyl sites for hydroxylation is 1. The zero-order chi connectivity index (χ0) is 20.3. The Hall–Kier alpha value is -2.29. The number of benzene rings is 2. The highest BCUT2D eigenvalue weighted by Gasteiger charge is 2.25. The molecule has 9 heteroatoms. The maximum absolute atomic E-state index is 12.7. The molecule has 1 aliphatic heterocycles. The van der Waals surface area contributed by atoms with Crippen LogP contribution in [0.15, 0.2) is 41.3 Å². The fourth-order valence-corrected chi connectivity index (χ4v) is 3.99. The van der Waals surface area contributed by atoms with Gasteiger partial charge in [-0.2, -0.15) is 0 Å². The molecule has 7 nitrogen and oxygen atoms in total. The van der Waals surface area contributed by atoms with Crippen molar-refractivity contribution in [2.75, 3.05) is 22.5 Å². The summed E-state index contributed by atoms with van der Waals surface area (Å²) >= 11 is 5.58. The van der Waals surface area contributed by atoms with Gasteiger partial charge in [0.25, 0.3) is 10.0 Å². The van der Waals surface area contributed by atoms with Crippen molar-refractivity contribution in [2.24, 2.45) is 0 Å². The van der Waals surface area contributed by atoms with E-state index in [1.807, 2.05) is 6.92 Å². The van der Waals surface area contributed by atoms with E-state index < -0.39 is 16.1 Å². The maximum Gasteiger partial charge on any atom is 0.261 e. The zero-order valence-electron chi connectivity index (χ0n) is 15.2. The Balaban J connectivity index is 1.93. The molecule has 1 amide bonds. The third-order valence-electron chi connectivity index (χ3n) is 4.32. The highest BCUT2D eigenvalue weighted by molar-refractivity contribution is 7.92. The molecule has 1 aliphatic rings. The van der Waals surface area contributed by atoms with E-state index in [1.54, 1.807) is 18.2 Å². The molecule has 0 aromatic heterocycles. The Morgan fingerprint density at radius 3 is 2.61 bits per heavy atom. The van der Waals surface area contributed by atoms with E-state index in [-0.39, 0.29) is 35.4 Å². The van der Waals surface area contributed by atoms with Gasteiger partial charge in [0.15, 0.2) is 0 Å². The van der Waals surface area contributed by atoms with E-state index in [2.05, 4.69) is 10.0 Å². The molecule has 0 saturated carbocycles. The predicted octanol–water partition coefficient (Wildman–Crippen LogP) is 2.66. The van der Waals surface area contributed by atoms with Gasteiger partial charge in [0.2, 0.25) is 5.91 Å². The molecule has 1 atom stereocenters. The number of anilines is 2. The summed E-state index contributed by atoms with van der Waals surface area (Å²) in [5, 5.41) is 12.3. The molecule has 0 bridgehead atoms. The van der Waals surface area contributed by atoms with Gasteiger partial charge in [-0.05, 0) is 37.6 Å². The minimum atomic E-state index is -3.82. The largest absolute Gasteiger partial charge is 0.490 e. The van der Waals surface area contributed by atoms with Crippen molar-refractivity contribution in [3.05, 3.63) is 47.5 Å². The van der Waals surface area contributed by atoms with Crippen molar-refractivity contribution in [3.8, 4) is 5.75 Å². The second-order valence-corrected chi connectivity index (χ2v) is 8.54. The number of carbonyl (C=O) groups is 1. The summed E-state index contributed by atoms with van der Waals surface area (Å²) in [5.41, 5.74) is 2.24. The third kappa shape index (κ3) is 4.57. The lowest BCUT2D eigenvalue weighted by atomic mass is 10.0. The Bertz CT molecular complexity index is 977. The highest BCUT2D eigenvalue weighted by atomic mass is 35.5. The lowest BCUT2D eigenvalue weighted by Crippen LogP contribution is -2.24. The lowest BCUT2D eigenvalue weighted by Gasteiger charge is -2.24. The average Bonchev–Trinajstić information content (AvgIpc) is 2.67. The second-order valence-electron chi connectivity index (χ2n) is 6.55. The van der Waals surface area contributed by atoms with Crippen LogP contribution in [0.2, 0.25) is 0 Å². The van der Waals surface area contributed by atoms with Crippen molar-refractivity contribution in [1.29, 1.82) is 0 Å². The number of amides is 1. The van der Waals surface area contributed by atoms with E-state index in [0.717, 1.165) is 5.56 Å². The normalized spacial score (nSPS) is 14.8. The fraction of sp³-hybridized carbons (Fsp3) is 0.316. The first-order valence-corrected chi connectivity index (χ1v) is 10.7. The summed E-state index contributed by atoms with van der Waals surface area (Å²) in [6.07, 6.45) is -0.168. The number of aliphatic hydroxyl groups is 1. The summed E-state index contributed by atoms with van der Waals surface area (Å²) in [6.45, 7) is 1.87. The predicted molar refractivity (Wildman–Crippen MR) is 108 cm³/mol. The number of halogens is 1. The van der Waals surface area contributed by atoms with Crippen molar-refractivity contribution < 1.29 is 23.1 Å². The van der Waals surface area contributed by atoms with Crippen molar-refractivity contribution >= 4 is 38.9 Å². The van der Waals surface area contributed by atoms with E-state index in [1.165, 1.54) is 18.2 Å². The standard InChI is InChI=1S/C19H21ClN2O5S/c1-12-2-4-14(5-3-12)28(25,26)22-16-7-8-17(27-11-13(23)10-20)15-6-9-18(24)21-19(15)16/h2-5,7-8,13,22-23H,6,9-11H2,1H3,(H,21,24). The minimum Gasteiger partial charge on any atom is -0.490 e. The quantitative estimate of drug-likeness (QED) is 0.592. The van der Waals surface area contributed by atoms with Crippen LogP contribution in [-0.4, -0.2) is 38.0 Å². The number of hydrogen-bond acceptors (Lipinski definition) is 5. The van der Waals surface area contributed by atoms with Gasteiger partial charge in [-0.1, -0.05) is 17.7 Å². The fourth-order valence-electron chi connectivity index (χ4n) is 2.83. The van der Waals surface area contributed by atoms with Gasteiger partial charge in [-0.15, -0.1) is 11.6 Å². The van der Waals surface area contributed by atoms with Crippen LogP contribution in [0.4, 0.5) is 11.4 Å². The van der Waals surface area contributed by atoms with Crippen LogP contribution < -0.4 is 14.8 Å². The molecule has 2 aromatic rings. The summed E-state index contributed by atoms with van der Waals surface area (Å²) in [5.74, 6) is 0.298. The van der Waals surface area contributed by atoms with Crippen molar-refractivity contribution in [1.82, 2.24) is 0 Å². The van der Waals surface area contributed by atoms with Crippen LogP contribution in [0, 0.1) is 6.92 Å². The van der Waals surface area contributed by atoms with Crippen LogP contribution in [0.3, 0.4) is 0 Å². The number of fused-ring (bicyclic) bond motifs is 1. The van der Waals surface area contributed by atoms with Gasteiger partial charge in [0, 0.05) is 12.0 Å². The summed E-state index contributed by atoms with van der Waals surface area (Å²) in [7, 11) is -3.82. The highest BCUT2D eigenvalue weighted by Crippen LogP contribution is 2.38. The molecule has 28 heavy (non-hydrogen) atoms. The number of aliphatic hydroxyl groups excluding tert-OH is 1. The number of carbonyl (C=O) groups excluding carboxylic acids is 1. The summed E-state index contributed by atoms with van der Waals surface area (Å²) < 4.78 is 33.6. The van der Waals surface area contributed by atoms with Crippen molar-refractivity contribution in [3.63, 3.8) is 0 Å². The number of rotatable bonds is 7. The van der Waals surface area contributed by atoms with Gasteiger partial charge >= 0.3 is 0 Å². The number of alkyl halides is 1. The molecular weight excluding hydrogens is 404 g/mol. The Morgan fingerprint density at radius 2 is 1.93 bits per heavy atom. The van der Waals surface area contributed by atoms with Gasteiger partial charge < -0.3 is 15.2 Å². The van der Waals surface area contributed by atoms with E-state index in [9.17, 15) is 18.3 Å². The van der Waals surface area contributed by atoms with Crippen LogP contribution >= 0.6 is 11.6 Å². The first kappa shape index (κ1) is 20.4.